The van der Waals surface area contributed by atoms with E-state index >= 15 is 0 Å². The average Bonchev–Trinajstić information content (AvgIpc) is 3.62. The Morgan fingerprint density at radius 2 is 1.63 bits per heavy atom. The van der Waals surface area contributed by atoms with Gasteiger partial charge in [-0.05, 0) is 71.3 Å². The molecule has 1 saturated carbocycles. The molecule has 35 heavy (non-hydrogen) atoms. The summed E-state index contributed by atoms with van der Waals surface area (Å²) in [6, 6.07) is 18.4. The Morgan fingerprint density at radius 1 is 0.971 bits per heavy atom. The number of benzene rings is 3. The third kappa shape index (κ3) is 6.31. The average molecular weight is 481 g/mol. The molecule has 5 nitrogen and oxygen atoms in total. The zero-order valence-electron chi connectivity index (χ0n) is 19.6. The highest BCUT2D eigenvalue weighted by Gasteiger charge is 2.44. The molecule has 0 aromatic heterocycles. The second-order valence-corrected chi connectivity index (χ2v) is 9.26. The van der Waals surface area contributed by atoms with Crippen molar-refractivity contribution >= 4 is 5.91 Å². The van der Waals surface area contributed by atoms with Gasteiger partial charge in [-0.3, -0.25) is 4.79 Å². The first-order chi connectivity index (χ1) is 16.8. The summed E-state index contributed by atoms with van der Waals surface area (Å²) in [5, 5.41) is 26.5. The molecule has 0 heterocycles. The zero-order valence-corrected chi connectivity index (χ0v) is 19.6. The number of halogens is 2. The molecule has 0 unspecified atom stereocenters. The van der Waals surface area contributed by atoms with Crippen molar-refractivity contribution in [2.45, 2.75) is 50.5 Å². The van der Waals surface area contributed by atoms with Crippen molar-refractivity contribution in [3.8, 4) is 11.1 Å². The minimum absolute atomic E-state index is 0.0192. The van der Waals surface area contributed by atoms with Crippen molar-refractivity contribution in [1.82, 2.24) is 10.6 Å². The van der Waals surface area contributed by atoms with E-state index in [2.05, 4.69) is 16.7 Å². The Bertz CT molecular complexity index is 1180. The van der Waals surface area contributed by atoms with Crippen LogP contribution in [-0.2, 0) is 23.4 Å². The number of carbonyl (C=O) groups excluding carboxylic acids is 1. The van der Waals surface area contributed by atoms with Crippen LogP contribution in [0.5, 0.6) is 0 Å². The Labute approximate surface area is 203 Å². The van der Waals surface area contributed by atoms with Crippen molar-refractivity contribution < 1.29 is 23.8 Å². The van der Waals surface area contributed by atoms with Gasteiger partial charge in [0.1, 0.15) is 11.6 Å². The van der Waals surface area contributed by atoms with Crippen LogP contribution in [0, 0.1) is 11.6 Å². The van der Waals surface area contributed by atoms with Crippen LogP contribution in [0.25, 0.3) is 11.1 Å². The lowest BCUT2D eigenvalue weighted by Crippen LogP contribution is -2.49. The van der Waals surface area contributed by atoms with E-state index in [4.69, 9.17) is 0 Å². The minimum Gasteiger partial charge on any atom is -0.392 e. The minimum atomic E-state index is -0.966. The standard InChI is InChI=1S/C28H30F2N2O3/c1-18(34)32-26(13-20-11-24(29)15-25(30)12-20)27(35)16-31-28(8-9-28)23-7-3-6-22(14-23)21-5-2-4-19(10-21)17-33/h2-7,10-12,14-15,26-27,31,33,35H,8-9,13,16-17H2,1H3,(H,32,34)/t26-,27-/m0/s1. The molecule has 1 fully saturated rings. The smallest absolute Gasteiger partial charge is 0.217 e. The third-order valence-electron chi connectivity index (χ3n) is 6.49. The van der Waals surface area contributed by atoms with Crippen LogP contribution in [0.3, 0.4) is 0 Å². The fourth-order valence-electron chi connectivity index (χ4n) is 4.51. The molecule has 0 bridgehead atoms. The molecule has 1 aliphatic rings. The molecule has 3 aromatic carbocycles. The Morgan fingerprint density at radius 3 is 2.26 bits per heavy atom. The van der Waals surface area contributed by atoms with Gasteiger partial charge in [0.05, 0.1) is 18.8 Å². The van der Waals surface area contributed by atoms with Gasteiger partial charge in [0, 0.05) is 25.1 Å². The first-order valence-corrected chi connectivity index (χ1v) is 11.7. The van der Waals surface area contributed by atoms with Crippen LogP contribution >= 0.6 is 0 Å². The molecule has 184 valence electrons. The van der Waals surface area contributed by atoms with Gasteiger partial charge in [0.25, 0.3) is 0 Å². The number of aliphatic hydroxyl groups is 2. The topological polar surface area (TPSA) is 81.6 Å². The van der Waals surface area contributed by atoms with Crippen molar-refractivity contribution in [1.29, 1.82) is 0 Å². The largest absolute Gasteiger partial charge is 0.392 e. The van der Waals surface area contributed by atoms with Crippen molar-refractivity contribution in [3.05, 3.63) is 95.1 Å². The van der Waals surface area contributed by atoms with Crippen LogP contribution in [0.2, 0.25) is 0 Å². The lowest BCUT2D eigenvalue weighted by molar-refractivity contribution is -0.120. The monoisotopic (exact) mass is 480 g/mol. The van der Waals surface area contributed by atoms with E-state index in [9.17, 15) is 23.8 Å². The number of nitrogens with one attached hydrogen (secondary N) is 2. The van der Waals surface area contributed by atoms with Gasteiger partial charge in [-0.15, -0.1) is 0 Å². The molecule has 2 atom stereocenters. The molecular weight excluding hydrogens is 450 g/mol. The summed E-state index contributed by atoms with van der Waals surface area (Å²) in [5.41, 5.74) is 4.08. The molecule has 7 heteroatoms. The summed E-state index contributed by atoms with van der Waals surface area (Å²) in [4.78, 5) is 11.7. The predicted molar refractivity (Wildman–Crippen MR) is 130 cm³/mol. The maximum Gasteiger partial charge on any atom is 0.217 e. The summed E-state index contributed by atoms with van der Waals surface area (Å²) < 4.78 is 27.3. The van der Waals surface area contributed by atoms with Gasteiger partial charge in [0.2, 0.25) is 5.91 Å². The van der Waals surface area contributed by atoms with Crippen molar-refractivity contribution in [3.63, 3.8) is 0 Å². The quantitative estimate of drug-likeness (QED) is 0.356. The molecule has 0 saturated heterocycles. The lowest BCUT2D eigenvalue weighted by atomic mass is 9.96. The highest BCUT2D eigenvalue weighted by Crippen LogP contribution is 2.46. The van der Waals surface area contributed by atoms with E-state index < -0.39 is 23.8 Å². The number of amides is 1. The predicted octanol–water partition coefficient (Wildman–Crippen LogP) is 3.81. The number of carbonyl (C=O) groups is 1. The van der Waals surface area contributed by atoms with E-state index in [1.54, 1.807) is 0 Å². The molecular formula is C28H30F2N2O3. The molecule has 1 amide bonds. The Balaban J connectivity index is 1.47. The van der Waals surface area contributed by atoms with E-state index in [1.807, 2.05) is 42.5 Å². The highest BCUT2D eigenvalue weighted by molar-refractivity contribution is 5.73. The molecule has 4 N–H and O–H groups in total. The number of hydrogen-bond acceptors (Lipinski definition) is 4. The zero-order chi connectivity index (χ0) is 25.0. The van der Waals surface area contributed by atoms with E-state index in [0.717, 1.165) is 41.2 Å². The van der Waals surface area contributed by atoms with Gasteiger partial charge < -0.3 is 20.8 Å². The molecule has 0 spiro atoms. The van der Waals surface area contributed by atoms with E-state index in [-0.39, 0.29) is 31.0 Å². The molecule has 3 aromatic rings. The normalized spacial score (nSPS) is 15.9. The van der Waals surface area contributed by atoms with Gasteiger partial charge >= 0.3 is 0 Å². The summed E-state index contributed by atoms with van der Waals surface area (Å²) in [7, 11) is 0. The van der Waals surface area contributed by atoms with Gasteiger partial charge in [0.15, 0.2) is 0 Å². The molecule has 1 aliphatic carbocycles. The second kappa shape index (κ2) is 10.6. The Hall–Kier alpha value is -3.13. The maximum absolute atomic E-state index is 13.6. The first kappa shape index (κ1) is 25.0. The van der Waals surface area contributed by atoms with Crippen molar-refractivity contribution in [2.24, 2.45) is 0 Å². The van der Waals surface area contributed by atoms with Crippen LogP contribution in [0.1, 0.15) is 36.5 Å². The number of rotatable bonds is 10. The SMILES string of the molecule is CC(=O)N[C@@H](Cc1cc(F)cc(F)c1)[C@@H](O)CNC1(c2cccc(-c3cccc(CO)c3)c2)CC1. The van der Waals surface area contributed by atoms with Crippen LogP contribution in [-0.4, -0.2) is 34.8 Å². The van der Waals surface area contributed by atoms with Gasteiger partial charge in [-0.1, -0.05) is 36.4 Å². The van der Waals surface area contributed by atoms with E-state index in [0.29, 0.717) is 5.56 Å². The molecule has 0 radical (unpaired) electrons. The lowest BCUT2D eigenvalue weighted by Gasteiger charge is -2.27. The fourth-order valence-corrected chi connectivity index (χ4v) is 4.51. The molecule has 0 aliphatic heterocycles. The highest BCUT2D eigenvalue weighted by atomic mass is 19.1. The number of aliphatic hydroxyl groups excluding tert-OH is 2. The third-order valence-corrected chi connectivity index (χ3v) is 6.49. The summed E-state index contributed by atoms with van der Waals surface area (Å²) in [6.07, 6.45) is 0.937. The van der Waals surface area contributed by atoms with Crippen molar-refractivity contribution in [2.75, 3.05) is 6.54 Å². The van der Waals surface area contributed by atoms with Crippen LogP contribution < -0.4 is 10.6 Å². The fraction of sp³-hybridized carbons (Fsp3) is 0.321. The maximum atomic E-state index is 13.6. The second-order valence-electron chi connectivity index (χ2n) is 9.26. The summed E-state index contributed by atoms with van der Waals surface area (Å²) >= 11 is 0. The Kier molecular flexibility index (Phi) is 7.60. The molecule has 4 rings (SSSR count). The number of hydrogen-bond donors (Lipinski definition) is 4. The van der Waals surface area contributed by atoms with Crippen LogP contribution in [0.15, 0.2) is 66.7 Å². The summed E-state index contributed by atoms with van der Waals surface area (Å²) in [5.74, 6) is -1.73. The van der Waals surface area contributed by atoms with Gasteiger partial charge in [-0.2, -0.15) is 0 Å². The summed E-state index contributed by atoms with van der Waals surface area (Å²) in [6.45, 7) is 1.53. The van der Waals surface area contributed by atoms with Gasteiger partial charge in [-0.25, -0.2) is 8.78 Å². The van der Waals surface area contributed by atoms with E-state index in [1.165, 1.54) is 19.1 Å². The van der Waals surface area contributed by atoms with Crippen LogP contribution in [0.4, 0.5) is 8.78 Å². The first-order valence-electron chi connectivity index (χ1n) is 11.7.